The first kappa shape index (κ1) is 16.3. The molecule has 118 valence electrons. The zero-order valence-corrected chi connectivity index (χ0v) is 13.8. The topological polar surface area (TPSA) is 38.0 Å². The summed E-state index contributed by atoms with van der Waals surface area (Å²) in [5.41, 5.74) is 6.76. The molecule has 1 heterocycles. The number of piperidine rings is 1. The molecule has 0 aromatic carbocycles. The number of unbranched alkanes of at least 4 members (excludes halogenated alkanes) is 1. The van der Waals surface area contributed by atoms with E-state index in [4.69, 9.17) is 5.73 Å². The molecule has 1 saturated heterocycles. The van der Waals surface area contributed by atoms with Crippen LogP contribution in [0, 0.1) is 11.3 Å². The number of rotatable bonds is 4. The molecule has 0 aromatic heterocycles. The van der Waals surface area contributed by atoms with Gasteiger partial charge >= 0.3 is 0 Å². The average molecular weight is 280 g/mol. The molecule has 0 aromatic rings. The molecule has 3 fully saturated rings. The summed E-state index contributed by atoms with van der Waals surface area (Å²) < 4.78 is 0. The van der Waals surface area contributed by atoms with Crippen molar-refractivity contribution in [3.05, 3.63) is 0 Å². The fraction of sp³-hybridized carbons (Fsp3) is 1.00. The third kappa shape index (κ3) is 4.73. The molecular weight excluding hydrogens is 244 g/mol. The Labute approximate surface area is 126 Å². The summed E-state index contributed by atoms with van der Waals surface area (Å²) in [6.07, 6.45) is 15.4. The van der Waals surface area contributed by atoms with Crippen LogP contribution in [0.25, 0.3) is 0 Å². The molecule has 3 rings (SSSR count). The van der Waals surface area contributed by atoms with Gasteiger partial charge in [-0.25, -0.2) is 0 Å². The summed E-state index contributed by atoms with van der Waals surface area (Å²) in [7, 11) is 0. The Morgan fingerprint density at radius 2 is 1.95 bits per heavy atom. The zero-order chi connectivity index (χ0) is 14.4. The Kier molecular flexibility index (Phi) is 6.35. The molecule has 2 nitrogen and oxygen atoms in total. The number of nitrogens with two attached hydrogens (primary N) is 1. The van der Waals surface area contributed by atoms with Crippen molar-refractivity contribution in [1.82, 2.24) is 5.32 Å². The van der Waals surface area contributed by atoms with Crippen molar-refractivity contribution in [3.8, 4) is 0 Å². The van der Waals surface area contributed by atoms with Crippen LogP contribution in [0.3, 0.4) is 0 Å². The maximum atomic E-state index is 5.91. The molecular formula is C18H36N2. The van der Waals surface area contributed by atoms with Crippen molar-refractivity contribution in [2.24, 2.45) is 17.1 Å². The van der Waals surface area contributed by atoms with Gasteiger partial charge in [-0.15, -0.1) is 0 Å². The van der Waals surface area contributed by atoms with Gasteiger partial charge in [-0.2, -0.15) is 0 Å². The molecule has 0 amide bonds. The monoisotopic (exact) mass is 280 g/mol. The van der Waals surface area contributed by atoms with Gasteiger partial charge in [-0.1, -0.05) is 33.1 Å². The van der Waals surface area contributed by atoms with Gasteiger partial charge in [-0.05, 0) is 69.2 Å². The van der Waals surface area contributed by atoms with E-state index in [1.807, 2.05) is 0 Å². The minimum Gasteiger partial charge on any atom is -0.328 e. The van der Waals surface area contributed by atoms with Crippen LogP contribution < -0.4 is 11.1 Å². The first-order valence-electron chi connectivity index (χ1n) is 9.18. The van der Waals surface area contributed by atoms with Crippen LogP contribution >= 0.6 is 0 Å². The van der Waals surface area contributed by atoms with Crippen molar-refractivity contribution in [2.45, 2.75) is 96.6 Å². The summed E-state index contributed by atoms with van der Waals surface area (Å²) in [4.78, 5) is 0. The number of hydrogen-bond acceptors (Lipinski definition) is 2. The molecule has 0 radical (unpaired) electrons. The molecule has 2 aliphatic carbocycles. The molecule has 0 spiro atoms. The number of fused-ring (bicyclic) bond motifs is 1. The second kappa shape index (κ2) is 7.79. The molecule has 0 bridgehead atoms. The first-order chi connectivity index (χ1) is 9.69. The van der Waals surface area contributed by atoms with Crippen molar-refractivity contribution in [2.75, 3.05) is 6.54 Å². The summed E-state index contributed by atoms with van der Waals surface area (Å²) in [6.45, 7) is 5.85. The van der Waals surface area contributed by atoms with E-state index in [2.05, 4.69) is 19.2 Å². The lowest BCUT2D eigenvalue weighted by molar-refractivity contribution is 0.195. The van der Waals surface area contributed by atoms with Crippen LogP contribution in [0.2, 0.25) is 0 Å². The Balaban J connectivity index is 0.000000151. The van der Waals surface area contributed by atoms with Crippen molar-refractivity contribution in [3.63, 3.8) is 0 Å². The van der Waals surface area contributed by atoms with Crippen molar-refractivity contribution < 1.29 is 0 Å². The fourth-order valence-electron chi connectivity index (χ4n) is 4.05. The highest BCUT2D eigenvalue weighted by Gasteiger charge is 2.39. The second-order valence-corrected chi connectivity index (χ2v) is 7.49. The SMILES string of the molecule is CCCCC1(CC)CC1.NC1CCC2NCCCC2C1. The lowest BCUT2D eigenvalue weighted by Crippen LogP contribution is -2.47. The highest BCUT2D eigenvalue weighted by molar-refractivity contribution is 4.91. The Bertz CT molecular complexity index is 273. The van der Waals surface area contributed by atoms with E-state index in [0.29, 0.717) is 6.04 Å². The van der Waals surface area contributed by atoms with Crippen LogP contribution in [0.4, 0.5) is 0 Å². The maximum absolute atomic E-state index is 5.91. The van der Waals surface area contributed by atoms with E-state index >= 15 is 0 Å². The largest absolute Gasteiger partial charge is 0.328 e. The van der Waals surface area contributed by atoms with Gasteiger partial charge in [0.15, 0.2) is 0 Å². The smallest absolute Gasteiger partial charge is 0.00964 e. The molecule has 3 atom stereocenters. The van der Waals surface area contributed by atoms with Gasteiger partial charge in [0, 0.05) is 12.1 Å². The normalized spacial score (nSPS) is 34.6. The fourth-order valence-corrected chi connectivity index (χ4v) is 4.05. The van der Waals surface area contributed by atoms with Gasteiger partial charge in [0.1, 0.15) is 0 Å². The Morgan fingerprint density at radius 3 is 2.60 bits per heavy atom. The third-order valence-electron chi connectivity index (χ3n) is 5.95. The quantitative estimate of drug-likeness (QED) is 0.808. The van der Waals surface area contributed by atoms with E-state index < -0.39 is 0 Å². The summed E-state index contributed by atoms with van der Waals surface area (Å²) in [6, 6.07) is 1.31. The minimum absolute atomic E-state index is 0.496. The van der Waals surface area contributed by atoms with Crippen LogP contribution in [0.1, 0.15) is 84.5 Å². The van der Waals surface area contributed by atoms with Crippen molar-refractivity contribution >= 4 is 0 Å². The maximum Gasteiger partial charge on any atom is 0.00964 e. The highest BCUT2D eigenvalue weighted by atomic mass is 14.9. The molecule has 1 aliphatic heterocycles. The molecule has 2 saturated carbocycles. The van der Waals surface area contributed by atoms with Crippen LogP contribution in [-0.2, 0) is 0 Å². The van der Waals surface area contributed by atoms with E-state index in [0.717, 1.165) is 17.4 Å². The Hall–Kier alpha value is -0.0800. The molecule has 20 heavy (non-hydrogen) atoms. The summed E-state index contributed by atoms with van der Waals surface area (Å²) in [5.74, 6) is 0.896. The van der Waals surface area contributed by atoms with Crippen LogP contribution in [-0.4, -0.2) is 18.6 Å². The number of nitrogens with one attached hydrogen (secondary N) is 1. The third-order valence-corrected chi connectivity index (χ3v) is 5.95. The lowest BCUT2D eigenvalue weighted by Gasteiger charge is -2.38. The molecule has 2 heteroatoms. The van der Waals surface area contributed by atoms with E-state index in [1.54, 1.807) is 0 Å². The Morgan fingerprint density at radius 1 is 1.15 bits per heavy atom. The zero-order valence-electron chi connectivity index (χ0n) is 13.8. The van der Waals surface area contributed by atoms with Crippen LogP contribution in [0.15, 0.2) is 0 Å². The average Bonchev–Trinajstić information content (AvgIpc) is 3.26. The minimum atomic E-state index is 0.496. The standard InChI is InChI=1S/C9H18N2.C9H18/c10-8-3-4-9-7(6-8)2-1-5-11-9;1-3-5-6-9(4-2)7-8-9/h7-9,11H,1-6,10H2;3-8H2,1-2H3. The van der Waals surface area contributed by atoms with Gasteiger partial charge < -0.3 is 11.1 Å². The summed E-state index contributed by atoms with van der Waals surface area (Å²) in [5, 5.41) is 3.59. The van der Waals surface area contributed by atoms with Gasteiger partial charge in [0.2, 0.25) is 0 Å². The van der Waals surface area contributed by atoms with Crippen molar-refractivity contribution in [1.29, 1.82) is 0 Å². The predicted molar refractivity (Wildman–Crippen MR) is 87.8 cm³/mol. The van der Waals surface area contributed by atoms with E-state index in [1.165, 1.54) is 77.2 Å². The predicted octanol–water partition coefficient (Wildman–Crippen LogP) is 4.23. The molecule has 3 N–H and O–H groups in total. The van der Waals surface area contributed by atoms with E-state index in [-0.39, 0.29) is 0 Å². The number of hydrogen-bond donors (Lipinski definition) is 2. The van der Waals surface area contributed by atoms with Gasteiger partial charge in [0.05, 0.1) is 0 Å². The summed E-state index contributed by atoms with van der Waals surface area (Å²) >= 11 is 0. The first-order valence-corrected chi connectivity index (χ1v) is 9.18. The molecule has 3 aliphatic rings. The van der Waals surface area contributed by atoms with Gasteiger partial charge in [-0.3, -0.25) is 0 Å². The molecule has 3 unspecified atom stereocenters. The van der Waals surface area contributed by atoms with E-state index in [9.17, 15) is 0 Å². The van der Waals surface area contributed by atoms with Gasteiger partial charge in [0.25, 0.3) is 0 Å². The van der Waals surface area contributed by atoms with Crippen LogP contribution in [0.5, 0.6) is 0 Å². The highest BCUT2D eigenvalue weighted by Crippen LogP contribution is 2.52. The lowest BCUT2D eigenvalue weighted by atomic mass is 9.77. The second-order valence-electron chi connectivity index (χ2n) is 7.49.